The van der Waals surface area contributed by atoms with Gasteiger partial charge in [0.15, 0.2) is 10.8 Å². The number of thiazole rings is 1. The summed E-state index contributed by atoms with van der Waals surface area (Å²) in [6.07, 6.45) is 1.64. The number of ether oxygens (including phenoxy) is 1. The summed E-state index contributed by atoms with van der Waals surface area (Å²) in [6, 6.07) is 2.05. The van der Waals surface area contributed by atoms with Gasteiger partial charge < -0.3 is 15.0 Å². The van der Waals surface area contributed by atoms with E-state index in [1.54, 1.807) is 11.6 Å². The fourth-order valence-electron chi connectivity index (χ4n) is 4.40. The number of methoxy groups -OCH3 is 1. The van der Waals surface area contributed by atoms with Gasteiger partial charge in [-0.25, -0.2) is 19.0 Å². The van der Waals surface area contributed by atoms with Crippen LogP contribution in [0.1, 0.15) is 16.6 Å². The monoisotopic (exact) mass is 518 g/mol. The van der Waals surface area contributed by atoms with Gasteiger partial charge in [-0.15, -0.1) is 11.3 Å². The largest absolute Gasteiger partial charge is 0.466 e. The fourth-order valence-corrected chi connectivity index (χ4v) is 5.26. The van der Waals surface area contributed by atoms with Crippen molar-refractivity contribution >= 4 is 46.7 Å². The zero-order chi connectivity index (χ0) is 24.7. The van der Waals surface area contributed by atoms with E-state index in [0.29, 0.717) is 41.7 Å². The first-order valence-corrected chi connectivity index (χ1v) is 12.0. The average molecular weight is 519 g/mol. The zero-order valence-corrected chi connectivity index (χ0v) is 20.0. The molecule has 2 fully saturated rings. The van der Waals surface area contributed by atoms with E-state index in [1.807, 2.05) is 4.90 Å². The zero-order valence-electron chi connectivity index (χ0n) is 18.5. The van der Waals surface area contributed by atoms with E-state index in [-0.39, 0.29) is 23.0 Å². The smallest absolute Gasteiger partial charge is 0.338 e. The number of carbonyl (C=O) groups excluding carboxylic acids is 3. The van der Waals surface area contributed by atoms with Crippen molar-refractivity contribution in [3.05, 3.63) is 62.5 Å². The molecule has 2 N–H and O–H groups in total. The molecule has 0 bridgehead atoms. The second-order valence-electron chi connectivity index (χ2n) is 8.13. The fraction of sp³-hybridized carbons (Fsp3) is 0.318. The van der Waals surface area contributed by atoms with E-state index in [2.05, 4.69) is 15.6 Å². The molecule has 0 spiro atoms. The lowest BCUT2D eigenvalue weighted by Gasteiger charge is -2.37. The van der Waals surface area contributed by atoms with Crippen LogP contribution in [0.2, 0.25) is 5.02 Å². The Morgan fingerprint density at radius 2 is 2.14 bits per heavy atom. The quantitative estimate of drug-likeness (QED) is 0.457. The number of benzene rings is 1. The molecular formula is C22H20ClFN6O4S. The van der Waals surface area contributed by atoms with E-state index in [0.717, 1.165) is 0 Å². The van der Waals surface area contributed by atoms with Crippen LogP contribution in [0.3, 0.4) is 0 Å². The first-order valence-electron chi connectivity index (χ1n) is 10.7. The third kappa shape index (κ3) is 4.40. The predicted molar refractivity (Wildman–Crippen MR) is 125 cm³/mol. The lowest BCUT2D eigenvalue weighted by molar-refractivity contribution is -0.136. The molecule has 0 unspecified atom stereocenters. The number of hydrogen-bond acceptors (Lipinski definition) is 9. The third-order valence-electron chi connectivity index (χ3n) is 6.06. The van der Waals surface area contributed by atoms with Crippen molar-refractivity contribution in [1.29, 1.82) is 0 Å². The Labute approximate surface area is 208 Å². The van der Waals surface area contributed by atoms with Crippen molar-refractivity contribution in [2.75, 3.05) is 33.3 Å². The number of halogens is 2. The maximum atomic E-state index is 13.8. The molecule has 4 heterocycles. The van der Waals surface area contributed by atoms with Crippen molar-refractivity contribution in [3.63, 3.8) is 0 Å². The number of hydrogen-bond donors (Lipinski definition) is 2. The van der Waals surface area contributed by atoms with Crippen LogP contribution in [0.15, 0.2) is 46.0 Å². The Morgan fingerprint density at radius 1 is 1.31 bits per heavy atom. The van der Waals surface area contributed by atoms with Crippen molar-refractivity contribution in [1.82, 2.24) is 25.4 Å². The minimum atomic E-state index is -0.872. The molecule has 0 radical (unpaired) electrons. The summed E-state index contributed by atoms with van der Waals surface area (Å²) >= 11 is 7.73. The molecule has 0 saturated carbocycles. The number of rotatable bonds is 5. The third-order valence-corrected chi connectivity index (χ3v) is 7.17. The highest BCUT2D eigenvalue weighted by Gasteiger charge is 2.43. The van der Waals surface area contributed by atoms with Gasteiger partial charge >= 0.3 is 12.0 Å². The van der Waals surface area contributed by atoms with Gasteiger partial charge in [-0.2, -0.15) is 0 Å². The van der Waals surface area contributed by atoms with Gasteiger partial charge in [0.05, 0.1) is 12.7 Å². The maximum Gasteiger partial charge on any atom is 0.338 e. The second kappa shape index (κ2) is 9.36. The molecule has 3 aliphatic heterocycles. The van der Waals surface area contributed by atoms with E-state index >= 15 is 0 Å². The van der Waals surface area contributed by atoms with Gasteiger partial charge in [0.1, 0.15) is 17.9 Å². The number of amidine groups is 1. The Kier molecular flexibility index (Phi) is 6.26. The Bertz CT molecular complexity index is 1270. The number of aliphatic imine (C=N–C) groups is 1. The number of urea groups is 1. The summed E-state index contributed by atoms with van der Waals surface area (Å²) in [5.41, 5.74) is 1.16. The molecule has 2 atom stereocenters. The van der Waals surface area contributed by atoms with Crippen molar-refractivity contribution in [2.24, 2.45) is 4.99 Å². The molecule has 1 aromatic heterocycles. The van der Waals surface area contributed by atoms with Crippen LogP contribution in [0, 0.1) is 5.82 Å². The number of amides is 3. The first kappa shape index (κ1) is 23.4. The van der Waals surface area contributed by atoms with Gasteiger partial charge in [-0.3, -0.25) is 20.0 Å². The molecule has 2 aromatic rings. The van der Waals surface area contributed by atoms with Crippen LogP contribution in [-0.4, -0.2) is 77.9 Å². The van der Waals surface area contributed by atoms with Gasteiger partial charge in [-0.1, -0.05) is 17.7 Å². The van der Waals surface area contributed by atoms with Crippen molar-refractivity contribution in [3.8, 4) is 0 Å². The first-order chi connectivity index (χ1) is 16.9. The van der Waals surface area contributed by atoms with Crippen LogP contribution in [-0.2, 0) is 14.3 Å². The molecule has 35 heavy (non-hydrogen) atoms. The average Bonchev–Trinajstić information content (AvgIpc) is 3.47. The lowest BCUT2D eigenvalue weighted by Crippen LogP contribution is -2.54. The normalized spacial score (nSPS) is 22.5. The minimum absolute atomic E-state index is 0.120. The lowest BCUT2D eigenvalue weighted by atomic mass is 9.95. The molecule has 0 aliphatic carbocycles. The highest BCUT2D eigenvalue weighted by atomic mass is 35.5. The van der Waals surface area contributed by atoms with Crippen LogP contribution in [0.4, 0.5) is 9.18 Å². The number of aromatic nitrogens is 1. The van der Waals surface area contributed by atoms with Crippen molar-refractivity contribution in [2.45, 2.75) is 12.1 Å². The van der Waals surface area contributed by atoms with Gasteiger partial charge in [0.2, 0.25) is 0 Å². The van der Waals surface area contributed by atoms with Crippen LogP contribution in [0.25, 0.3) is 0 Å². The molecule has 182 valence electrons. The molecule has 10 nitrogen and oxygen atoms in total. The topological polar surface area (TPSA) is 116 Å². The van der Waals surface area contributed by atoms with Gasteiger partial charge in [0.25, 0.3) is 5.91 Å². The summed E-state index contributed by atoms with van der Waals surface area (Å²) in [5, 5.41) is 8.06. The summed E-state index contributed by atoms with van der Waals surface area (Å²) in [4.78, 5) is 49.7. The highest BCUT2D eigenvalue weighted by molar-refractivity contribution is 7.11. The molecule has 13 heteroatoms. The molecule has 3 amide bonds. The summed E-state index contributed by atoms with van der Waals surface area (Å²) < 4.78 is 18.9. The van der Waals surface area contributed by atoms with Gasteiger partial charge in [0, 0.05) is 54.0 Å². The number of nitrogens with one attached hydrogen (secondary N) is 2. The molecular weight excluding hydrogens is 499 g/mol. The minimum Gasteiger partial charge on any atom is -0.466 e. The highest BCUT2D eigenvalue weighted by Crippen LogP contribution is 2.37. The number of nitrogens with zero attached hydrogens (tertiary/aromatic N) is 4. The molecule has 1 aromatic carbocycles. The van der Waals surface area contributed by atoms with Crippen LogP contribution in [0.5, 0.6) is 0 Å². The summed E-state index contributed by atoms with van der Waals surface area (Å²) in [5.74, 6) is -1.05. The molecule has 5 rings (SSSR count). The predicted octanol–water partition coefficient (Wildman–Crippen LogP) is 1.69. The van der Waals surface area contributed by atoms with Gasteiger partial charge in [-0.05, 0) is 12.1 Å². The molecule has 2 saturated heterocycles. The second-order valence-corrected chi connectivity index (χ2v) is 9.43. The Morgan fingerprint density at radius 3 is 2.86 bits per heavy atom. The molecule has 3 aliphatic rings. The maximum absolute atomic E-state index is 13.8. The van der Waals surface area contributed by atoms with Crippen molar-refractivity contribution < 1.29 is 23.5 Å². The number of imide groups is 1. The Balaban J connectivity index is 1.54. The number of carbonyl (C=O) groups is 3. The van der Waals surface area contributed by atoms with E-state index in [9.17, 15) is 18.8 Å². The van der Waals surface area contributed by atoms with Crippen LogP contribution < -0.4 is 10.6 Å². The van der Waals surface area contributed by atoms with E-state index < -0.39 is 29.9 Å². The summed E-state index contributed by atoms with van der Waals surface area (Å²) in [6.45, 7) is 1.39. The number of piperazine rings is 1. The SMILES string of the molecule is COC(=O)C1=C(CN2CCN3C(=O)NC(=O)[C@@H]3C2)NC(c2nccs2)=N[C@H]1c1ccc(F)cc1Cl. The van der Waals surface area contributed by atoms with Crippen LogP contribution >= 0.6 is 22.9 Å². The number of esters is 1. The summed E-state index contributed by atoms with van der Waals surface area (Å²) in [7, 11) is 1.27. The van der Waals surface area contributed by atoms with E-state index in [4.69, 9.17) is 21.3 Å². The standard InChI is InChI=1S/C22H20ClFN6O4S/c1-34-21(32)16-14(9-29-5-6-30-15(10-29)19(31)28-22(30)33)26-18(20-25-4-7-35-20)27-17(16)12-3-2-11(24)8-13(12)23/h2-4,7-8,15,17H,5-6,9-10H2,1H3,(H,26,27)(H,28,31,33)/t15-,17-/m0/s1. The Hall–Kier alpha value is -3.35. The van der Waals surface area contributed by atoms with E-state index in [1.165, 1.54) is 41.5 Å². The number of fused-ring (bicyclic) bond motifs is 1.